The third kappa shape index (κ3) is 4.20. The number of anilines is 1. The lowest BCUT2D eigenvalue weighted by atomic mass is 10.2. The van der Waals surface area contributed by atoms with E-state index in [2.05, 4.69) is 10.3 Å². The summed E-state index contributed by atoms with van der Waals surface area (Å²) in [5.41, 5.74) is 4.39. The second-order valence-electron chi connectivity index (χ2n) is 6.67. The van der Waals surface area contributed by atoms with Crippen LogP contribution in [-0.2, 0) is 13.2 Å². The second-order valence-corrected chi connectivity index (χ2v) is 6.67. The Kier molecular flexibility index (Phi) is 5.06. The fraction of sp³-hybridized carbons (Fsp3) is 0.130. The summed E-state index contributed by atoms with van der Waals surface area (Å²) in [5, 5.41) is 3.30. The summed E-state index contributed by atoms with van der Waals surface area (Å²) >= 11 is 0. The van der Waals surface area contributed by atoms with E-state index in [1.807, 2.05) is 73.7 Å². The van der Waals surface area contributed by atoms with E-state index in [0.29, 0.717) is 24.5 Å². The van der Waals surface area contributed by atoms with Gasteiger partial charge in [0.1, 0.15) is 18.0 Å². The third-order valence-electron chi connectivity index (χ3n) is 4.44. The highest BCUT2D eigenvalue weighted by Crippen LogP contribution is 2.17. The first-order valence-electron chi connectivity index (χ1n) is 9.17. The van der Waals surface area contributed by atoms with Crippen LogP contribution in [0.4, 0.5) is 5.69 Å². The van der Waals surface area contributed by atoms with Crippen LogP contribution in [0.3, 0.4) is 0 Å². The molecule has 2 heterocycles. The molecule has 0 saturated carbocycles. The molecule has 0 radical (unpaired) electrons. The Bertz CT molecular complexity index is 1140. The van der Waals surface area contributed by atoms with Crippen LogP contribution in [0.1, 0.15) is 16.8 Å². The van der Waals surface area contributed by atoms with E-state index in [4.69, 9.17) is 4.74 Å². The number of hydrogen-bond donors (Lipinski definition) is 1. The number of rotatable bonds is 6. The number of hydrogen-bond acceptors (Lipinski definition) is 4. The van der Waals surface area contributed by atoms with Gasteiger partial charge in [-0.15, -0.1) is 0 Å². The average molecular weight is 371 g/mol. The zero-order valence-corrected chi connectivity index (χ0v) is 15.6. The van der Waals surface area contributed by atoms with Gasteiger partial charge in [0.15, 0.2) is 0 Å². The maximum absolute atomic E-state index is 12.3. The van der Waals surface area contributed by atoms with Crippen LogP contribution < -0.4 is 15.6 Å². The van der Waals surface area contributed by atoms with Crippen molar-refractivity contribution in [3.05, 3.63) is 106 Å². The molecule has 0 atom stereocenters. The Morgan fingerprint density at radius 1 is 1.00 bits per heavy atom. The Hall–Kier alpha value is -3.60. The molecule has 0 aliphatic heterocycles. The van der Waals surface area contributed by atoms with Gasteiger partial charge in [-0.05, 0) is 48.4 Å². The molecule has 2 aromatic heterocycles. The van der Waals surface area contributed by atoms with E-state index in [9.17, 15) is 4.79 Å². The van der Waals surface area contributed by atoms with Gasteiger partial charge >= 0.3 is 0 Å². The fourth-order valence-corrected chi connectivity index (χ4v) is 2.95. The van der Waals surface area contributed by atoms with Crippen LogP contribution >= 0.6 is 0 Å². The van der Waals surface area contributed by atoms with Gasteiger partial charge in [0.05, 0.1) is 12.2 Å². The van der Waals surface area contributed by atoms with Crippen molar-refractivity contribution in [3.8, 4) is 5.75 Å². The van der Waals surface area contributed by atoms with Crippen molar-refractivity contribution >= 4 is 11.3 Å². The molecule has 4 aromatic rings. The molecule has 0 aliphatic rings. The quantitative estimate of drug-likeness (QED) is 0.552. The smallest absolute Gasteiger partial charge is 0.258 e. The fourth-order valence-electron chi connectivity index (χ4n) is 2.95. The summed E-state index contributed by atoms with van der Waals surface area (Å²) < 4.78 is 7.37. The van der Waals surface area contributed by atoms with Crippen LogP contribution in [0.5, 0.6) is 5.75 Å². The minimum Gasteiger partial charge on any atom is -0.489 e. The van der Waals surface area contributed by atoms with E-state index < -0.39 is 0 Å². The average Bonchev–Trinajstić information content (AvgIpc) is 2.73. The minimum atomic E-state index is -0.0739. The molecule has 4 rings (SSSR count). The summed E-state index contributed by atoms with van der Waals surface area (Å²) in [6, 6.07) is 23.2. The lowest BCUT2D eigenvalue weighted by Gasteiger charge is -2.10. The maximum Gasteiger partial charge on any atom is 0.258 e. The van der Waals surface area contributed by atoms with E-state index >= 15 is 0 Å². The van der Waals surface area contributed by atoms with Crippen molar-refractivity contribution < 1.29 is 4.74 Å². The number of fused-ring (bicyclic) bond motifs is 1. The summed E-state index contributed by atoms with van der Waals surface area (Å²) in [6.07, 6.45) is 1.80. The van der Waals surface area contributed by atoms with Gasteiger partial charge in [0.2, 0.25) is 0 Å². The molecule has 0 bridgehead atoms. The van der Waals surface area contributed by atoms with Crippen LogP contribution in [0.2, 0.25) is 0 Å². The zero-order chi connectivity index (χ0) is 19.3. The number of nitrogens with one attached hydrogen (secondary N) is 1. The molecule has 2 aromatic carbocycles. The topological polar surface area (TPSA) is 55.6 Å². The number of aryl methyl sites for hydroxylation is 1. The van der Waals surface area contributed by atoms with Gasteiger partial charge < -0.3 is 10.1 Å². The van der Waals surface area contributed by atoms with Gasteiger partial charge in [-0.1, -0.05) is 36.4 Å². The molecule has 0 fully saturated rings. The molecule has 0 aliphatic carbocycles. The molecular weight excluding hydrogens is 350 g/mol. The first-order valence-corrected chi connectivity index (χ1v) is 9.17. The number of ether oxygens (including phenoxy) is 1. The zero-order valence-electron chi connectivity index (χ0n) is 15.6. The molecule has 0 saturated heterocycles. The van der Waals surface area contributed by atoms with Gasteiger partial charge in [0, 0.05) is 18.0 Å². The first kappa shape index (κ1) is 17.8. The molecule has 0 unspecified atom stereocenters. The van der Waals surface area contributed by atoms with Crippen molar-refractivity contribution in [1.82, 2.24) is 9.38 Å². The molecule has 140 valence electrons. The van der Waals surface area contributed by atoms with Crippen molar-refractivity contribution in [2.24, 2.45) is 0 Å². The van der Waals surface area contributed by atoms with Crippen LogP contribution in [0.25, 0.3) is 5.65 Å². The largest absolute Gasteiger partial charge is 0.489 e. The molecule has 5 heteroatoms. The highest BCUT2D eigenvalue weighted by atomic mass is 16.5. The molecule has 1 N–H and O–H groups in total. The first-order chi connectivity index (χ1) is 13.7. The second kappa shape index (κ2) is 7.96. The van der Waals surface area contributed by atoms with Crippen molar-refractivity contribution in [2.45, 2.75) is 20.1 Å². The standard InChI is InChI=1S/C23H21N3O2/c1-17-7-12-22-25-20(13-23(27)26(22)15-17)14-24-19-8-10-21(11-9-19)28-16-18-5-3-2-4-6-18/h2-13,15,24H,14,16H2,1H3. The summed E-state index contributed by atoms with van der Waals surface area (Å²) in [6.45, 7) is 2.97. The summed E-state index contributed by atoms with van der Waals surface area (Å²) in [5.74, 6) is 0.812. The maximum atomic E-state index is 12.3. The van der Waals surface area contributed by atoms with Crippen molar-refractivity contribution in [2.75, 3.05) is 5.32 Å². The van der Waals surface area contributed by atoms with Gasteiger partial charge in [-0.3, -0.25) is 9.20 Å². The van der Waals surface area contributed by atoms with Crippen LogP contribution in [-0.4, -0.2) is 9.38 Å². The lowest BCUT2D eigenvalue weighted by molar-refractivity contribution is 0.306. The summed E-state index contributed by atoms with van der Waals surface area (Å²) in [4.78, 5) is 16.8. The van der Waals surface area contributed by atoms with E-state index in [1.165, 1.54) is 0 Å². The normalized spacial score (nSPS) is 10.8. The molecule has 0 amide bonds. The minimum absolute atomic E-state index is 0.0739. The third-order valence-corrected chi connectivity index (χ3v) is 4.44. The van der Waals surface area contributed by atoms with Gasteiger partial charge in [0.25, 0.3) is 5.56 Å². The van der Waals surface area contributed by atoms with E-state index in [0.717, 1.165) is 22.6 Å². The molecule has 0 spiro atoms. The van der Waals surface area contributed by atoms with Crippen LogP contribution in [0, 0.1) is 6.92 Å². The van der Waals surface area contributed by atoms with Gasteiger partial charge in [-0.2, -0.15) is 0 Å². The van der Waals surface area contributed by atoms with Crippen LogP contribution in [0.15, 0.2) is 83.8 Å². The Labute approximate surface area is 163 Å². The van der Waals surface area contributed by atoms with Crippen molar-refractivity contribution in [3.63, 3.8) is 0 Å². The van der Waals surface area contributed by atoms with Gasteiger partial charge in [-0.25, -0.2) is 4.98 Å². The number of nitrogens with zero attached hydrogens (tertiary/aromatic N) is 2. The highest BCUT2D eigenvalue weighted by molar-refractivity contribution is 5.47. The Balaban J connectivity index is 1.39. The molecular formula is C23H21N3O2. The number of pyridine rings is 1. The Morgan fingerprint density at radius 3 is 2.57 bits per heavy atom. The summed E-state index contributed by atoms with van der Waals surface area (Å²) in [7, 11) is 0. The monoisotopic (exact) mass is 371 g/mol. The lowest BCUT2D eigenvalue weighted by Crippen LogP contribution is -2.17. The Morgan fingerprint density at radius 2 is 1.79 bits per heavy atom. The van der Waals surface area contributed by atoms with Crippen molar-refractivity contribution in [1.29, 1.82) is 0 Å². The highest BCUT2D eigenvalue weighted by Gasteiger charge is 2.03. The predicted molar refractivity (Wildman–Crippen MR) is 111 cm³/mol. The molecule has 28 heavy (non-hydrogen) atoms. The molecule has 5 nitrogen and oxygen atoms in total. The predicted octanol–water partition coefficient (Wildman–Crippen LogP) is 4.19. The van der Waals surface area contributed by atoms with E-state index in [-0.39, 0.29) is 5.56 Å². The number of aromatic nitrogens is 2. The number of benzene rings is 2. The van der Waals surface area contributed by atoms with E-state index in [1.54, 1.807) is 16.7 Å². The SMILES string of the molecule is Cc1ccc2nc(CNc3ccc(OCc4ccccc4)cc3)cc(=O)n2c1.